The van der Waals surface area contributed by atoms with Crippen molar-refractivity contribution in [2.24, 2.45) is 5.92 Å². The minimum atomic E-state index is 0.200. The zero-order valence-corrected chi connectivity index (χ0v) is 11.5. The third-order valence-electron chi connectivity index (χ3n) is 2.61. The number of rotatable bonds is 5. The van der Waals surface area contributed by atoms with Gasteiger partial charge >= 0.3 is 0 Å². The number of pyridine rings is 1. The fraction of sp³-hybridized carbons (Fsp3) is 0.333. The second kappa shape index (κ2) is 6.01. The molecule has 2 rings (SSSR count). The lowest BCUT2D eigenvalue weighted by Crippen LogP contribution is -2.04. The summed E-state index contributed by atoms with van der Waals surface area (Å²) in [6.07, 6.45) is 1.77. The summed E-state index contributed by atoms with van der Waals surface area (Å²) in [5.74, 6) is 2.42. The van der Waals surface area contributed by atoms with Crippen LogP contribution in [0.3, 0.4) is 0 Å². The molecule has 0 amide bonds. The molecule has 0 radical (unpaired) electrons. The Labute approximate surface area is 112 Å². The number of ketones is 1. The Balaban J connectivity index is 2.08. The van der Waals surface area contributed by atoms with Crippen molar-refractivity contribution in [1.82, 2.24) is 4.98 Å². The van der Waals surface area contributed by atoms with E-state index in [1.165, 1.54) is 0 Å². The number of aromatic nitrogens is 1. The maximum Gasteiger partial charge on any atom is 0.172 e. The van der Waals surface area contributed by atoms with E-state index in [-0.39, 0.29) is 5.78 Å². The van der Waals surface area contributed by atoms with Crippen LogP contribution in [0.1, 0.15) is 24.2 Å². The summed E-state index contributed by atoms with van der Waals surface area (Å²) in [5.41, 5.74) is 1.72. The van der Waals surface area contributed by atoms with Gasteiger partial charge in [-0.15, -0.1) is 0 Å². The molecule has 0 unspecified atom stereocenters. The minimum absolute atomic E-state index is 0.200. The fourth-order valence-corrected chi connectivity index (χ4v) is 2.66. The van der Waals surface area contributed by atoms with E-state index in [1.807, 2.05) is 30.3 Å². The van der Waals surface area contributed by atoms with Crippen LogP contribution in [0.15, 0.2) is 36.5 Å². The van der Waals surface area contributed by atoms with Gasteiger partial charge in [-0.05, 0) is 35.9 Å². The molecular weight excluding hydrogens is 242 g/mol. The molecule has 3 heteroatoms. The molecule has 0 atom stereocenters. The van der Waals surface area contributed by atoms with Crippen LogP contribution in [-0.2, 0) is 0 Å². The van der Waals surface area contributed by atoms with Crippen molar-refractivity contribution in [3.63, 3.8) is 0 Å². The van der Waals surface area contributed by atoms with Gasteiger partial charge in [-0.3, -0.25) is 9.78 Å². The normalized spacial score (nSPS) is 11.1. The molecule has 1 aromatic heterocycles. The van der Waals surface area contributed by atoms with Crippen LogP contribution in [0.25, 0.3) is 10.9 Å². The smallest absolute Gasteiger partial charge is 0.172 e. The SMILES string of the molecule is CC(C)CSCC(=O)c1ccc2ncccc2c1. The Bertz CT molecular complexity index is 551. The highest BCUT2D eigenvalue weighted by molar-refractivity contribution is 7.99. The Morgan fingerprint density at radius 3 is 2.94 bits per heavy atom. The molecule has 2 aromatic rings. The lowest BCUT2D eigenvalue weighted by molar-refractivity contribution is 0.102. The maximum absolute atomic E-state index is 12.0. The van der Waals surface area contributed by atoms with Gasteiger partial charge in [-0.25, -0.2) is 0 Å². The molecule has 0 saturated heterocycles. The quantitative estimate of drug-likeness (QED) is 0.765. The number of benzene rings is 1. The first-order chi connectivity index (χ1) is 8.66. The van der Waals surface area contributed by atoms with Crippen molar-refractivity contribution < 1.29 is 4.79 Å². The Hall–Kier alpha value is -1.35. The summed E-state index contributed by atoms with van der Waals surface area (Å²) in [4.78, 5) is 16.3. The molecule has 18 heavy (non-hydrogen) atoms. The molecule has 0 aliphatic heterocycles. The van der Waals surface area contributed by atoms with Gasteiger partial charge in [0.15, 0.2) is 5.78 Å². The van der Waals surface area contributed by atoms with Crippen LogP contribution in [0.5, 0.6) is 0 Å². The van der Waals surface area contributed by atoms with E-state index >= 15 is 0 Å². The number of thioether (sulfide) groups is 1. The number of carbonyl (C=O) groups is 1. The van der Waals surface area contributed by atoms with Crippen molar-refractivity contribution in [3.05, 3.63) is 42.1 Å². The first-order valence-electron chi connectivity index (χ1n) is 6.12. The lowest BCUT2D eigenvalue weighted by atomic mass is 10.1. The summed E-state index contributed by atoms with van der Waals surface area (Å²) >= 11 is 1.70. The molecule has 0 bridgehead atoms. The van der Waals surface area contributed by atoms with Gasteiger partial charge in [0.1, 0.15) is 0 Å². The minimum Gasteiger partial charge on any atom is -0.293 e. The van der Waals surface area contributed by atoms with Gasteiger partial charge in [0, 0.05) is 17.1 Å². The summed E-state index contributed by atoms with van der Waals surface area (Å²) in [6.45, 7) is 4.33. The van der Waals surface area contributed by atoms with E-state index in [9.17, 15) is 4.79 Å². The van der Waals surface area contributed by atoms with E-state index in [0.717, 1.165) is 22.2 Å². The van der Waals surface area contributed by atoms with Gasteiger partial charge in [-0.1, -0.05) is 19.9 Å². The summed E-state index contributed by atoms with van der Waals surface area (Å²) in [6, 6.07) is 9.59. The Morgan fingerprint density at radius 1 is 1.33 bits per heavy atom. The summed E-state index contributed by atoms with van der Waals surface area (Å²) in [5, 5.41) is 1.03. The van der Waals surface area contributed by atoms with Crippen LogP contribution in [0.4, 0.5) is 0 Å². The monoisotopic (exact) mass is 259 g/mol. The van der Waals surface area contributed by atoms with E-state index in [0.29, 0.717) is 11.7 Å². The largest absolute Gasteiger partial charge is 0.293 e. The number of nitrogens with zero attached hydrogens (tertiary/aromatic N) is 1. The van der Waals surface area contributed by atoms with Gasteiger partial charge < -0.3 is 0 Å². The third kappa shape index (κ3) is 3.33. The first-order valence-corrected chi connectivity index (χ1v) is 7.28. The van der Waals surface area contributed by atoms with Crippen molar-refractivity contribution in [3.8, 4) is 0 Å². The number of hydrogen-bond donors (Lipinski definition) is 0. The van der Waals surface area contributed by atoms with Crippen LogP contribution in [0.2, 0.25) is 0 Å². The highest BCUT2D eigenvalue weighted by Gasteiger charge is 2.07. The van der Waals surface area contributed by atoms with Crippen molar-refractivity contribution in [2.45, 2.75) is 13.8 Å². The molecule has 2 nitrogen and oxygen atoms in total. The zero-order chi connectivity index (χ0) is 13.0. The Morgan fingerprint density at radius 2 is 2.17 bits per heavy atom. The average molecular weight is 259 g/mol. The van der Waals surface area contributed by atoms with Crippen molar-refractivity contribution in [1.29, 1.82) is 0 Å². The van der Waals surface area contributed by atoms with Gasteiger partial charge in [0.05, 0.1) is 11.3 Å². The van der Waals surface area contributed by atoms with Crippen LogP contribution in [-0.4, -0.2) is 22.3 Å². The second-order valence-electron chi connectivity index (χ2n) is 4.74. The first kappa shape index (κ1) is 13.1. The van der Waals surface area contributed by atoms with E-state index in [1.54, 1.807) is 18.0 Å². The highest BCUT2D eigenvalue weighted by Crippen LogP contribution is 2.16. The van der Waals surface area contributed by atoms with Gasteiger partial charge in [0.2, 0.25) is 0 Å². The van der Waals surface area contributed by atoms with Gasteiger partial charge in [-0.2, -0.15) is 11.8 Å². The number of Topliss-reactive ketones (excluding diaryl/α,β-unsaturated/α-hetero) is 1. The second-order valence-corrected chi connectivity index (χ2v) is 5.77. The average Bonchev–Trinajstić information content (AvgIpc) is 2.37. The molecule has 0 N–H and O–H groups in total. The topological polar surface area (TPSA) is 30.0 Å². The number of carbonyl (C=O) groups excluding carboxylic acids is 1. The fourth-order valence-electron chi connectivity index (χ4n) is 1.72. The van der Waals surface area contributed by atoms with Gasteiger partial charge in [0.25, 0.3) is 0 Å². The van der Waals surface area contributed by atoms with Crippen LogP contribution in [0, 0.1) is 5.92 Å². The van der Waals surface area contributed by atoms with E-state index in [4.69, 9.17) is 0 Å². The predicted octanol–water partition coefficient (Wildman–Crippen LogP) is 3.81. The van der Waals surface area contributed by atoms with E-state index < -0.39 is 0 Å². The molecule has 0 saturated carbocycles. The number of fused-ring (bicyclic) bond motifs is 1. The lowest BCUT2D eigenvalue weighted by Gasteiger charge is -2.05. The van der Waals surface area contributed by atoms with E-state index in [2.05, 4.69) is 18.8 Å². The highest BCUT2D eigenvalue weighted by atomic mass is 32.2. The molecule has 1 heterocycles. The van der Waals surface area contributed by atoms with Crippen LogP contribution < -0.4 is 0 Å². The van der Waals surface area contributed by atoms with Crippen LogP contribution >= 0.6 is 11.8 Å². The predicted molar refractivity (Wildman–Crippen MR) is 78.2 cm³/mol. The van der Waals surface area contributed by atoms with Crippen molar-refractivity contribution >= 4 is 28.4 Å². The maximum atomic E-state index is 12.0. The number of hydrogen-bond acceptors (Lipinski definition) is 3. The summed E-state index contributed by atoms with van der Waals surface area (Å²) < 4.78 is 0. The standard InChI is InChI=1S/C15H17NOS/c1-11(2)9-18-10-15(17)13-5-6-14-12(8-13)4-3-7-16-14/h3-8,11H,9-10H2,1-2H3. The summed E-state index contributed by atoms with van der Waals surface area (Å²) in [7, 11) is 0. The molecule has 1 aromatic carbocycles. The zero-order valence-electron chi connectivity index (χ0n) is 10.7. The van der Waals surface area contributed by atoms with Crippen molar-refractivity contribution in [2.75, 3.05) is 11.5 Å². The third-order valence-corrected chi connectivity index (χ3v) is 3.98. The molecule has 94 valence electrons. The Kier molecular flexibility index (Phi) is 4.37. The molecule has 0 aliphatic carbocycles. The molecule has 0 fully saturated rings. The molecule has 0 aliphatic rings. The molecular formula is C15H17NOS. The molecule has 0 spiro atoms.